The third kappa shape index (κ3) is 2.00. The lowest BCUT2D eigenvalue weighted by atomic mass is 10.2. The molecule has 0 aliphatic rings. The predicted molar refractivity (Wildman–Crippen MR) is 58.3 cm³/mol. The SMILES string of the molecule is NC(Cc1nc2cccc(Cl)c2o1)C(=O)O. The van der Waals surface area contributed by atoms with Gasteiger partial charge in [-0.1, -0.05) is 17.7 Å². The van der Waals surface area contributed by atoms with E-state index in [1.54, 1.807) is 18.2 Å². The van der Waals surface area contributed by atoms with E-state index >= 15 is 0 Å². The van der Waals surface area contributed by atoms with Crippen LogP contribution in [-0.4, -0.2) is 22.1 Å². The first-order valence-electron chi connectivity index (χ1n) is 4.60. The summed E-state index contributed by atoms with van der Waals surface area (Å²) in [5, 5.41) is 9.10. The number of fused-ring (bicyclic) bond motifs is 1. The van der Waals surface area contributed by atoms with Crippen LogP contribution in [0.3, 0.4) is 0 Å². The Morgan fingerprint density at radius 3 is 3.00 bits per heavy atom. The Morgan fingerprint density at radius 2 is 2.38 bits per heavy atom. The highest BCUT2D eigenvalue weighted by molar-refractivity contribution is 6.34. The molecule has 0 radical (unpaired) electrons. The fraction of sp³-hybridized carbons (Fsp3) is 0.200. The van der Waals surface area contributed by atoms with Gasteiger partial charge in [-0.3, -0.25) is 4.79 Å². The number of aliphatic carboxylic acids is 1. The minimum Gasteiger partial charge on any atom is -0.480 e. The summed E-state index contributed by atoms with van der Waals surface area (Å²) in [5.74, 6) is -0.814. The summed E-state index contributed by atoms with van der Waals surface area (Å²) in [5.41, 5.74) is 6.43. The van der Waals surface area contributed by atoms with Crippen molar-refractivity contribution in [2.75, 3.05) is 0 Å². The van der Waals surface area contributed by atoms with E-state index in [2.05, 4.69) is 4.98 Å². The molecule has 3 N–H and O–H groups in total. The lowest BCUT2D eigenvalue weighted by Crippen LogP contribution is -2.32. The molecule has 2 aromatic rings. The molecule has 0 amide bonds. The molecule has 0 saturated carbocycles. The zero-order valence-corrected chi connectivity index (χ0v) is 8.94. The van der Waals surface area contributed by atoms with Gasteiger partial charge in [-0.2, -0.15) is 0 Å². The van der Waals surface area contributed by atoms with Crippen LogP contribution in [0.1, 0.15) is 5.89 Å². The first-order chi connectivity index (χ1) is 7.58. The van der Waals surface area contributed by atoms with Crippen LogP contribution in [0.15, 0.2) is 22.6 Å². The Kier molecular flexibility index (Phi) is 2.80. The zero-order valence-electron chi connectivity index (χ0n) is 8.18. The minimum atomic E-state index is -1.09. The van der Waals surface area contributed by atoms with Crippen molar-refractivity contribution in [1.29, 1.82) is 0 Å². The number of oxazole rings is 1. The average Bonchev–Trinajstić information content (AvgIpc) is 2.61. The van der Waals surface area contributed by atoms with Gasteiger partial charge in [0.15, 0.2) is 11.5 Å². The molecular weight excluding hydrogens is 232 g/mol. The minimum absolute atomic E-state index is 0.0420. The predicted octanol–water partition coefficient (Wildman–Crippen LogP) is 1.44. The summed E-state index contributed by atoms with van der Waals surface area (Å²) in [6.45, 7) is 0. The molecule has 1 heterocycles. The fourth-order valence-corrected chi connectivity index (χ4v) is 1.53. The van der Waals surface area contributed by atoms with Crippen LogP contribution < -0.4 is 5.73 Å². The number of para-hydroxylation sites is 1. The Morgan fingerprint density at radius 1 is 1.62 bits per heavy atom. The van der Waals surface area contributed by atoms with Crippen molar-refractivity contribution in [3.63, 3.8) is 0 Å². The maximum Gasteiger partial charge on any atom is 0.321 e. The number of halogens is 1. The van der Waals surface area contributed by atoms with E-state index in [1.807, 2.05) is 0 Å². The van der Waals surface area contributed by atoms with Crippen molar-refractivity contribution in [1.82, 2.24) is 4.98 Å². The number of hydrogen-bond donors (Lipinski definition) is 2. The number of aromatic nitrogens is 1. The van der Waals surface area contributed by atoms with Crippen molar-refractivity contribution in [2.24, 2.45) is 5.73 Å². The number of carboxylic acids is 1. The van der Waals surface area contributed by atoms with Crippen LogP contribution in [0.5, 0.6) is 0 Å². The second-order valence-corrected chi connectivity index (χ2v) is 3.75. The fourth-order valence-electron chi connectivity index (χ4n) is 1.32. The summed E-state index contributed by atoms with van der Waals surface area (Å²) in [6, 6.07) is 4.14. The van der Waals surface area contributed by atoms with Crippen LogP contribution in [-0.2, 0) is 11.2 Å². The normalized spacial score (nSPS) is 12.9. The molecule has 84 valence electrons. The van der Waals surface area contributed by atoms with Gasteiger partial charge < -0.3 is 15.3 Å². The Hall–Kier alpha value is -1.59. The lowest BCUT2D eigenvalue weighted by Gasteiger charge is -2.00. The van der Waals surface area contributed by atoms with Crippen molar-refractivity contribution in [3.8, 4) is 0 Å². The second kappa shape index (κ2) is 4.11. The smallest absolute Gasteiger partial charge is 0.321 e. The summed E-state index contributed by atoms with van der Waals surface area (Å²) in [7, 11) is 0. The number of nitrogens with two attached hydrogens (primary N) is 1. The Bertz CT molecular complexity index is 538. The highest BCUT2D eigenvalue weighted by Gasteiger charge is 2.17. The van der Waals surface area contributed by atoms with Gasteiger partial charge in [0.2, 0.25) is 0 Å². The van der Waals surface area contributed by atoms with E-state index < -0.39 is 12.0 Å². The summed E-state index contributed by atoms with van der Waals surface area (Å²) in [4.78, 5) is 14.7. The first-order valence-corrected chi connectivity index (χ1v) is 4.98. The maximum absolute atomic E-state index is 10.6. The number of benzene rings is 1. The molecule has 16 heavy (non-hydrogen) atoms. The molecule has 1 atom stereocenters. The van der Waals surface area contributed by atoms with Crippen molar-refractivity contribution in [2.45, 2.75) is 12.5 Å². The Labute approximate surface area is 95.8 Å². The van der Waals surface area contributed by atoms with Gasteiger partial charge in [0, 0.05) is 0 Å². The molecule has 2 rings (SSSR count). The molecule has 6 heteroatoms. The van der Waals surface area contributed by atoms with Gasteiger partial charge in [-0.15, -0.1) is 0 Å². The highest BCUT2D eigenvalue weighted by Crippen LogP contribution is 2.24. The standard InChI is InChI=1S/C10H9ClN2O3/c11-5-2-1-3-7-9(5)16-8(13-7)4-6(12)10(14)15/h1-3,6H,4,12H2,(H,14,15). The molecule has 0 spiro atoms. The summed E-state index contributed by atoms with van der Waals surface area (Å²) >= 11 is 5.89. The molecular formula is C10H9ClN2O3. The van der Waals surface area contributed by atoms with Crippen LogP contribution in [0, 0.1) is 0 Å². The number of carboxylic acid groups (broad SMARTS) is 1. The molecule has 1 aromatic carbocycles. The molecule has 1 aromatic heterocycles. The molecule has 0 bridgehead atoms. The van der Waals surface area contributed by atoms with Crippen LogP contribution in [0.2, 0.25) is 5.02 Å². The van der Waals surface area contributed by atoms with E-state index in [0.29, 0.717) is 16.1 Å². The maximum atomic E-state index is 10.6. The van der Waals surface area contributed by atoms with E-state index in [4.69, 9.17) is 26.9 Å². The van der Waals surface area contributed by atoms with Crippen LogP contribution in [0.4, 0.5) is 0 Å². The lowest BCUT2D eigenvalue weighted by molar-refractivity contribution is -0.138. The Balaban J connectivity index is 2.33. The summed E-state index contributed by atoms with van der Waals surface area (Å²) < 4.78 is 5.33. The van der Waals surface area contributed by atoms with Crippen LogP contribution in [0.25, 0.3) is 11.1 Å². The second-order valence-electron chi connectivity index (χ2n) is 3.34. The average molecular weight is 241 g/mol. The van der Waals surface area contributed by atoms with Crippen molar-refractivity contribution < 1.29 is 14.3 Å². The van der Waals surface area contributed by atoms with Crippen molar-refractivity contribution >= 4 is 28.7 Å². The topological polar surface area (TPSA) is 89.4 Å². The highest BCUT2D eigenvalue weighted by atomic mass is 35.5. The molecule has 0 saturated heterocycles. The van der Waals surface area contributed by atoms with E-state index in [-0.39, 0.29) is 12.3 Å². The van der Waals surface area contributed by atoms with Gasteiger partial charge in [0.25, 0.3) is 0 Å². The largest absolute Gasteiger partial charge is 0.480 e. The molecule has 5 nitrogen and oxygen atoms in total. The van der Waals surface area contributed by atoms with E-state index in [0.717, 1.165) is 0 Å². The van der Waals surface area contributed by atoms with Crippen molar-refractivity contribution in [3.05, 3.63) is 29.1 Å². The quantitative estimate of drug-likeness (QED) is 0.847. The molecule has 1 unspecified atom stereocenters. The number of carbonyl (C=O) groups is 1. The van der Waals surface area contributed by atoms with Gasteiger partial charge in [0.1, 0.15) is 11.6 Å². The van der Waals surface area contributed by atoms with Gasteiger partial charge in [0.05, 0.1) is 11.4 Å². The van der Waals surface area contributed by atoms with E-state index in [9.17, 15) is 4.79 Å². The van der Waals surface area contributed by atoms with E-state index in [1.165, 1.54) is 0 Å². The van der Waals surface area contributed by atoms with Gasteiger partial charge in [-0.05, 0) is 12.1 Å². The zero-order chi connectivity index (χ0) is 11.7. The molecule has 0 aliphatic carbocycles. The third-order valence-corrected chi connectivity index (χ3v) is 2.42. The number of nitrogens with zero attached hydrogens (tertiary/aromatic N) is 1. The first kappa shape index (κ1) is 10.9. The number of hydrogen-bond acceptors (Lipinski definition) is 4. The van der Waals surface area contributed by atoms with Gasteiger partial charge >= 0.3 is 5.97 Å². The third-order valence-electron chi connectivity index (χ3n) is 2.12. The van der Waals surface area contributed by atoms with Crippen LogP contribution >= 0.6 is 11.6 Å². The monoisotopic (exact) mass is 240 g/mol. The number of rotatable bonds is 3. The van der Waals surface area contributed by atoms with Gasteiger partial charge in [-0.25, -0.2) is 4.98 Å². The summed E-state index contributed by atoms with van der Waals surface area (Å²) in [6.07, 6.45) is 0.0420. The molecule has 0 aliphatic heterocycles. The molecule has 0 fully saturated rings.